The molecule has 2 aliphatic rings. The van der Waals surface area contributed by atoms with Crippen molar-refractivity contribution in [3.05, 3.63) is 95.1 Å². The summed E-state index contributed by atoms with van der Waals surface area (Å²) in [6, 6.07) is 21.1. The second-order valence-electron chi connectivity index (χ2n) is 8.06. The van der Waals surface area contributed by atoms with Crippen molar-refractivity contribution in [3.63, 3.8) is 0 Å². The van der Waals surface area contributed by atoms with Crippen molar-refractivity contribution >= 4 is 35.0 Å². The molecule has 4 amide bonds. The summed E-state index contributed by atoms with van der Waals surface area (Å²) >= 11 is 0. The van der Waals surface area contributed by atoms with Crippen LogP contribution in [0, 0.1) is 0 Å². The Hall–Kier alpha value is -4.26. The molecule has 7 nitrogen and oxygen atoms in total. The molecule has 5 rings (SSSR count). The van der Waals surface area contributed by atoms with Gasteiger partial charge in [0.2, 0.25) is 5.91 Å². The number of amides is 4. The van der Waals surface area contributed by atoms with E-state index in [4.69, 9.17) is 0 Å². The minimum atomic E-state index is -0.466. The van der Waals surface area contributed by atoms with E-state index in [1.807, 2.05) is 30.3 Å². The average Bonchev–Trinajstić information content (AvgIpc) is 3.08. The van der Waals surface area contributed by atoms with Gasteiger partial charge in [-0.25, -0.2) is 0 Å². The van der Waals surface area contributed by atoms with Crippen molar-refractivity contribution in [2.24, 2.45) is 0 Å². The first-order chi connectivity index (χ1) is 16.0. The first-order valence-electron chi connectivity index (χ1n) is 10.8. The highest BCUT2D eigenvalue weighted by molar-refractivity contribution is 6.22. The molecule has 0 unspecified atom stereocenters. The number of nitrogens with one attached hydrogen (secondary N) is 1. The van der Waals surface area contributed by atoms with Crippen LogP contribution in [0.2, 0.25) is 0 Å². The van der Waals surface area contributed by atoms with Gasteiger partial charge in [-0.05, 0) is 60.9 Å². The number of aryl methyl sites for hydroxylation is 1. The number of hydrogen-bond acceptors (Lipinski definition) is 4. The lowest BCUT2D eigenvalue weighted by atomic mass is 10.00. The van der Waals surface area contributed by atoms with Crippen LogP contribution in [0.25, 0.3) is 0 Å². The highest BCUT2D eigenvalue weighted by Gasteiger charge is 2.36. The Balaban J connectivity index is 1.30. The second kappa shape index (κ2) is 8.35. The van der Waals surface area contributed by atoms with Crippen LogP contribution in [-0.2, 0) is 11.2 Å². The highest BCUT2D eigenvalue weighted by Crippen LogP contribution is 2.31. The van der Waals surface area contributed by atoms with Gasteiger partial charge in [0, 0.05) is 23.5 Å². The average molecular weight is 439 g/mol. The molecule has 0 bridgehead atoms. The number of imide groups is 1. The van der Waals surface area contributed by atoms with Gasteiger partial charge in [-0.15, -0.1) is 0 Å². The predicted molar refractivity (Wildman–Crippen MR) is 123 cm³/mol. The predicted octanol–water partition coefficient (Wildman–Crippen LogP) is 3.51. The number of carbonyl (C=O) groups is 4. The molecule has 0 saturated carbocycles. The Kier molecular flexibility index (Phi) is 5.22. The molecule has 0 spiro atoms. The van der Waals surface area contributed by atoms with Gasteiger partial charge < -0.3 is 10.2 Å². The molecule has 3 aromatic rings. The number of fused-ring (bicyclic) bond motifs is 2. The van der Waals surface area contributed by atoms with E-state index >= 15 is 0 Å². The van der Waals surface area contributed by atoms with E-state index in [-0.39, 0.29) is 12.5 Å². The third-order valence-corrected chi connectivity index (χ3v) is 5.93. The Bertz CT molecular complexity index is 1250. The maximum atomic E-state index is 13.0. The maximum absolute atomic E-state index is 13.0. The molecule has 2 heterocycles. The molecule has 1 N–H and O–H groups in total. The molecule has 3 aromatic carbocycles. The Morgan fingerprint density at radius 1 is 0.848 bits per heavy atom. The van der Waals surface area contributed by atoms with E-state index in [1.165, 1.54) is 0 Å². The molecule has 0 aromatic heterocycles. The smallest absolute Gasteiger partial charge is 0.262 e. The monoisotopic (exact) mass is 439 g/mol. The minimum Gasteiger partial charge on any atom is -0.325 e. The van der Waals surface area contributed by atoms with E-state index < -0.39 is 17.7 Å². The molecule has 0 saturated heterocycles. The fraction of sp³-hybridized carbons (Fsp3) is 0.154. The molecule has 0 atom stereocenters. The molecule has 164 valence electrons. The summed E-state index contributed by atoms with van der Waals surface area (Å²) in [5.41, 5.74) is 3.60. The van der Waals surface area contributed by atoms with Crippen molar-refractivity contribution in [2.75, 3.05) is 23.3 Å². The van der Waals surface area contributed by atoms with Crippen molar-refractivity contribution in [1.82, 2.24) is 4.90 Å². The van der Waals surface area contributed by atoms with Crippen molar-refractivity contribution in [1.29, 1.82) is 0 Å². The minimum absolute atomic E-state index is 0.0565. The number of nitrogens with zero attached hydrogens (tertiary/aromatic N) is 2. The molecular formula is C26H21N3O4. The number of hydrogen-bond donors (Lipinski definition) is 1. The van der Waals surface area contributed by atoms with Crippen LogP contribution in [0.4, 0.5) is 11.4 Å². The van der Waals surface area contributed by atoms with Crippen molar-refractivity contribution < 1.29 is 19.2 Å². The summed E-state index contributed by atoms with van der Waals surface area (Å²) < 4.78 is 0. The summed E-state index contributed by atoms with van der Waals surface area (Å²) in [5.74, 6) is -1.45. The lowest BCUT2D eigenvalue weighted by Crippen LogP contribution is -2.37. The quantitative estimate of drug-likeness (QED) is 0.631. The van der Waals surface area contributed by atoms with Crippen LogP contribution >= 0.6 is 0 Å². The van der Waals surface area contributed by atoms with Gasteiger partial charge in [-0.2, -0.15) is 0 Å². The van der Waals surface area contributed by atoms with Crippen LogP contribution < -0.4 is 10.2 Å². The molecule has 0 radical (unpaired) electrons. The first kappa shape index (κ1) is 20.6. The molecule has 7 heteroatoms. The summed E-state index contributed by atoms with van der Waals surface area (Å²) in [7, 11) is 0. The number of rotatable bonds is 4. The summed E-state index contributed by atoms with van der Waals surface area (Å²) in [5, 5.41) is 2.77. The fourth-order valence-corrected chi connectivity index (χ4v) is 4.35. The molecule has 2 aliphatic heterocycles. The molecule has 0 fully saturated rings. The Labute approximate surface area is 190 Å². The standard InChI is InChI=1S/C26H21N3O4/c30-23(16-29-25(32)20-10-4-5-11-21(20)26(29)33)27-19-12-13-22-18(15-19)9-6-14-28(22)24(31)17-7-2-1-3-8-17/h1-5,7-8,10-13,15H,6,9,14,16H2,(H,27,30). The van der Waals surface area contributed by atoms with Gasteiger partial charge in [0.1, 0.15) is 6.54 Å². The maximum Gasteiger partial charge on any atom is 0.262 e. The lowest BCUT2D eigenvalue weighted by molar-refractivity contribution is -0.116. The lowest BCUT2D eigenvalue weighted by Gasteiger charge is -2.30. The van der Waals surface area contributed by atoms with Crippen LogP contribution in [-0.4, -0.2) is 41.6 Å². The van der Waals surface area contributed by atoms with Gasteiger partial charge in [-0.3, -0.25) is 24.1 Å². The van der Waals surface area contributed by atoms with Crippen molar-refractivity contribution in [3.8, 4) is 0 Å². The van der Waals surface area contributed by atoms with E-state index in [0.717, 1.165) is 29.0 Å². The highest BCUT2D eigenvalue weighted by atomic mass is 16.2. The van der Waals surface area contributed by atoms with Gasteiger partial charge in [0.25, 0.3) is 17.7 Å². The Morgan fingerprint density at radius 2 is 1.52 bits per heavy atom. The van der Waals surface area contributed by atoms with E-state index in [9.17, 15) is 19.2 Å². The third kappa shape index (κ3) is 3.78. The zero-order valence-electron chi connectivity index (χ0n) is 17.8. The Morgan fingerprint density at radius 3 is 2.21 bits per heavy atom. The SMILES string of the molecule is O=C(CN1C(=O)c2ccccc2C1=O)Nc1ccc2c(c1)CCCN2C(=O)c1ccccc1. The topological polar surface area (TPSA) is 86.8 Å². The zero-order chi connectivity index (χ0) is 22.9. The number of carbonyl (C=O) groups excluding carboxylic acids is 4. The fourth-order valence-electron chi connectivity index (χ4n) is 4.35. The summed E-state index contributed by atoms with van der Waals surface area (Å²) in [4.78, 5) is 53.3. The van der Waals surface area contributed by atoms with Gasteiger partial charge in [0.15, 0.2) is 0 Å². The normalized spacial score (nSPS) is 14.7. The van der Waals surface area contributed by atoms with Crippen LogP contribution in [0.5, 0.6) is 0 Å². The van der Waals surface area contributed by atoms with E-state index in [0.29, 0.717) is 28.9 Å². The van der Waals surface area contributed by atoms with E-state index in [1.54, 1.807) is 47.4 Å². The second-order valence-corrected chi connectivity index (χ2v) is 8.06. The molecule has 0 aliphatic carbocycles. The zero-order valence-corrected chi connectivity index (χ0v) is 17.8. The number of benzene rings is 3. The van der Waals surface area contributed by atoms with Gasteiger partial charge in [-0.1, -0.05) is 30.3 Å². The van der Waals surface area contributed by atoms with Crippen molar-refractivity contribution in [2.45, 2.75) is 12.8 Å². The third-order valence-electron chi connectivity index (χ3n) is 5.93. The van der Waals surface area contributed by atoms with Crippen LogP contribution in [0.3, 0.4) is 0 Å². The van der Waals surface area contributed by atoms with Crippen LogP contribution in [0.1, 0.15) is 43.1 Å². The van der Waals surface area contributed by atoms with Gasteiger partial charge >= 0.3 is 0 Å². The molecule has 33 heavy (non-hydrogen) atoms. The number of anilines is 2. The largest absolute Gasteiger partial charge is 0.325 e. The van der Waals surface area contributed by atoms with E-state index in [2.05, 4.69) is 5.32 Å². The summed E-state index contributed by atoms with van der Waals surface area (Å²) in [6.07, 6.45) is 1.61. The molecular weight excluding hydrogens is 418 g/mol. The van der Waals surface area contributed by atoms with Crippen LogP contribution in [0.15, 0.2) is 72.8 Å². The first-order valence-corrected chi connectivity index (χ1v) is 10.8. The van der Waals surface area contributed by atoms with Gasteiger partial charge in [0.05, 0.1) is 11.1 Å². The summed E-state index contributed by atoms with van der Waals surface area (Å²) in [6.45, 7) is 0.272.